The van der Waals surface area contributed by atoms with Crippen molar-refractivity contribution in [2.24, 2.45) is 107 Å². The Hall–Kier alpha value is -4.79. The van der Waals surface area contributed by atoms with Crippen LogP contribution in [0.3, 0.4) is 0 Å². The van der Waals surface area contributed by atoms with Gasteiger partial charge in [-0.1, -0.05) is 82.1 Å². The number of primary amides is 1. The Labute approximate surface area is 910 Å². The van der Waals surface area contributed by atoms with E-state index in [-0.39, 0.29) is 85.8 Å². The SMILES string of the molecule is CC.CC.CC(=O)CN1CCC(OC(C)(C)C)C1.CC(=O)CN1CCC(OC(C)(C)C)C1.CC(C)(C)OCC1[C@H]2CCC[C@@H]12.CC(F)CN1C[C@@H]2C(COC(C)(C)C)[C@@H]2C1.CC(F)N1C[C@@H]2C(COC(C)(C)C)[C@@H]2C1.CC(OC(C)(C)C)c1cnn(C)c1.CC[C@H]1C[C@@H]1C.CCn1cc(COC(C)(C)C)cn1.CN1CCCC(OC(C)(C)C)C1.CNC(=O)C1CC1C(C)(C)C.C[C@H]1C[C@@H]1C(N)=O.Cc1cc(COC(C)(C)C)n[nH]1. The molecule has 0 bridgehead atoms. The van der Waals surface area contributed by atoms with E-state index >= 15 is 0 Å². The van der Waals surface area contributed by atoms with Crippen molar-refractivity contribution in [2.45, 2.75) is 482 Å². The molecule has 26 nitrogen and oxygen atoms in total. The van der Waals surface area contributed by atoms with Crippen molar-refractivity contribution in [3.63, 3.8) is 0 Å². The molecule has 0 radical (unpaired) electrons. The Bertz CT molecular complexity index is 4060. The number of piperidine rings is 3. The second-order valence-electron chi connectivity index (χ2n) is 54.0. The highest BCUT2D eigenvalue weighted by Gasteiger charge is 2.58. The third kappa shape index (κ3) is 64.6. The van der Waals surface area contributed by atoms with Gasteiger partial charge in [0.25, 0.3) is 0 Å². The molecule has 2 amide bonds. The minimum Gasteiger partial charge on any atom is -0.376 e. The molecule has 7 aliphatic carbocycles. The fraction of sp³-hybridized carbons (Fsp3) is 0.893. The number of alkyl halides is 2. The van der Waals surface area contributed by atoms with Gasteiger partial charge < -0.3 is 58.6 Å². The topological polar surface area (TPSA) is 270 Å². The second kappa shape index (κ2) is 64.3. The summed E-state index contributed by atoms with van der Waals surface area (Å²) >= 11 is 0. The lowest BCUT2D eigenvalue weighted by Gasteiger charge is -2.34. The van der Waals surface area contributed by atoms with Crippen LogP contribution in [0.1, 0.15) is 397 Å². The average molecular weight is 2110 g/mol. The zero-order chi connectivity index (χ0) is 114. The Balaban J connectivity index is 0.000000550. The van der Waals surface area contributed by atoms with E-state index in [1.54, 1.807) is 39.4 Å². The van der Waals surface area contributed by atoms with Crippen molar-refractivity contribution >= 4 is 23.4 Å². The summed E-state index contributed by atoms with van der Waals surface area (Å²) < 4.78 is 81.5. The van der Waals surface area contributed by atoms with Crippen molar-refractivity contribution in [2.75, 3.05) is 119 Å². The molecule has 8 heterocycles. The number of nitrogens with one attached hydrogen (secondary N) is 2. The number of aromatic nitrogens is 6. The van der Waals surface area contributed by atoms with E-state index in [1.165, 1.54) is 51.5 Å². The molecule has 149 heavy (non-hydrogen) atoms. The number of ketones is 2. The number of likely N-dealkylation sites (N-methyl/N-ethyl adjacent to an activating group) is 1. The van der Waals surface area contributed by atoms with Crippen LogP contribution in [0.5, 0.6) is 0 Å². The van der Waals surface area contributed by atoms with Gasteiger partial charge in [-0.3, -0.25) is 53.2 Å². The number of aromatic amines is 1. The molecule has 3 aromatic heterocycles. The Morgan fingerprint density at radius 2 is 0.919 bits per heavy atom. The number of carbonyl (C=O) groups excluding carboxylic acids is 4. The third-order valence-corrected chi connectivity index (χ3v) is 27.6. The monoisotopic (exact) mass is 2110 g/mol. The number of ether oxygens (including phenoxy) is 9. The summed E-state index contributed by atoms with van der Waals surface area (Å²) in [7, 11) is 5.78. The standard InChI is InChI=1S/C13H24FNO.C12H22FNO.2C11H21NO2.C11H20O.2C10H18N2O.C10H21NO.C9H16N2O.C9H17NO.C6H12.C5H9NO.2C2H6/c1-9(14)5-15-6-10-11(7-15)12(10)8-16-13(2,3)4;1-8(13)14-5-9-10(6-14)11(9)7-15-12(2,3)4;2*1-9(13)7-12-6-5-10(8-12)14-11(2,3)4;1-11(2,3)12-7-10-8-5-4-6-9(8)10;1-8(13-10(2,3)4)9-6-11-12(5)7-9;1-5-12-7-9(6-11-12)8-13-10(2,3)4;1-10(2,3)12-9-6-5-7-11(4)8-9;1-7-5-8(11-10-7)6-12-9(2,3)4;1-9(2,3)7-5-6(7)8(11)10-4;1-3-6-4-5(6)2;1-3-2-4(3)5(6)7;2*1-2/h9-12H,5-8H2,1-4H3;8-11H,5-7H2,1-4H3;2*10H,5-8H2,1-4H3;8-10H,4-7H2,1-3H3;6-8H,1-5H3;6-7H,5,8H2,1-4H3;9H,5-8H2,1-4H3;5H,6H2,1-4H3,(H,10,11);6-7H,5H2,1-4H3,(H,10,11);5-6H,3-4H2,1-2H3;3-4H,2H2,1H3,(H2,6,7);2*1-2H3/t9?,10-,11+,12?;8?,9-,10+,11?;;;8-,9+,10?;;;;;;5-,6-;3-,4-;;/m..........00../s1. The number of likely N-dealkylation sites (tertiary alicyclic amines) is 5. The van der Waals surface area contributed by atoms with E-state index in [0.717, 1.165) is 181 Å². The van der Waals surface area contributed by atoms with E-state index in [2.05, 4.69) is 260 Å². The predicted molar refractivity (Wildman–Crippen MR) is 610 cm³/mol. The molecule has 5 saturated heterocycles. The van der Waals surface area contributed by atoms with Gasteiger partial charge in [0.15, 0.2) is 6.30 Å². The van der Waals surface area contributed by atoms with Gasteiger partial charge in [-0.25, -0.2) is 8.78 Å². The summed E-state index contributed by atoms with van der Waals surface area (Å²) in [5.41, 5.74) is 9.15. The van der Waals surface area contributed by atoms with Crippen LogP contribution >= 0.6 is 0 Å². The molecule has 12 fully saturated rings. The van der Waals surface area contributed by atoms with Crippen LogP contribution in [0, 0.1) is 101 Å². The first-order chi connectivity index (χ1) is 68.4. The molecule has 11 unspecified atom stereocenters. The lowest BCUT2D eigenvalue weighted by Crippen LogP contribution is -2.40. The predicted octanol–water partition coefficient (Wildman–Crippen LogP) is 24.5. The summed E-state index contributed by atoms with van der Waals surface area (Å²) in [6, 6.07) is 1.99. The first-order valence-electron chi connectivity index (χ1n) is 57.7. The average Bonchev–Trinajstić information content (AvgIpc) is 1.59. The number of Topliss-reactive ketones (excluding diaryl/α,β-unsaturated/α-hetero) is 2. The molecular formula is C121H231F2N13O13. The summed E-state index contributed by atoms with van der Waals surface area (Å²) in [4.78, 5) is 54.0. The minimum absolute atomic E-state index is 0.0167. The molecule has 7 saturated carbocycles. The number of nitrogens with zero attached hydrogens (tertiary/aromatic N) is 10. The Morgan fingerprint density at radius 3 is 1.22 bits per heavy atom. The zero-order valence-corrected chi connectivity index (χ0v) is 104. The third-order valence-electron chi connectivity index (χ3n) is 27.6. The van der Waals surface area contributed by atoms with Crippen LogP contribution in [-0.2, 0) is 88.6 Å². The van der Waals surface area contributed by atoms with E-state index in [0.29, 0.717) is 92.1 Å². The molecule has 4 N–H and O–H groups in total. The fourth-order valence-corrected chi connectivity index (χ4v) is 19.7. The van der Waals surface area contributed by atoms with Gasteiger partial charge in [0.05, 0.1) is 139 Å². The first-order valence-corrected chi connectivity index (χ1v) is 57.7. The lowest BCUT2D eigenvalue weighted by atomic mass is 9.89. The van der Waals surface area contributed by atoms with Gasteiger partial charge in [-0.15, -0.1) is 0 Å². The second-order valence-corrected chi connectivity index (χ2v) is 54.0. The molecule has 872 valence electrons. The van der Waals surface area contributed by atoms with Crippen LogP contribution in [0.15, 0.2) is 30.9 Å². The van der Waals surface area contributed by atoms with Gasteiger partial charge in [-0.2, -0.15) is 15.3 Å². The van der Waals surface area contributed by atoms with E-state index in [9.17, 15) is 28.0 Å². The normalized spacial score (nSPS) is 26.7. The molecule has 3 aromatic rings. The number of carbonyl (C=O) groups is 4. The number of hydrogen-bond donors (Lipinski definition) is 3. The number of halogens is 2. The lowest BCUT2D eigenvalue weighted by molar-refractivity contribution is -0.122. The highest BCUT2D eigenvalue weighted by molar-refractivity contribution is 5.81. The van der Waals surface area contributed by atoms with Crippen LogP contribution in [0.4, 0.5) is 8.78 Å². The molecule has 0 spiro atoms. The van der Waals surface area contributed by atoms with Crippen molar-refractivity contribution in [3.8, 4) is 0 Å². The largest absolute Gasteiger partial charge is 0.376 e. The van der Waals surface area contributed by atoms with Crippen molar-refractivity contribution < 1.29 is 70.6 Å². The van der Waals surface area contributed by atoms with Crippen LogP contribution < -0.4 is 11.1 Å². The molecule has 15 rings (SSSR count). The van der Waals surface area contributed by atoms with Crippen LogP contribution in [-0.4, -0.2) is 278 Å². The maximum atomic E-state index is 13.0. The summed E-state index contributed by atoms with van der Waals surface area (Å²) in [6.07, 6.45) is 21.4. The van der Waals surface area contributed by atoms with Crippen LogP contribution in [0.2, 0.25) is 0 Å². The first kappa shape index (κ1) is 140. The van der Waals surface area contributed by atoms with Crippen molar-refractivity contribution in [3.05, 3.63) is 53.4 Å². The number of amides is 2. The Morgan fingerprint density at radius 1 is 0.497 bits per heavy atom. The van der Waals surface area contributed by atoms with E-state index < -0.39 is 12.5 Å². The quantitative estimate of drug-likeness (QED) is 0.0630. The van der Waals surface area contributed by atoms with E-state index in [4.69, 9.17) is 48.4 Å². The van der Waals surface area contributed by atoms with Gasteiger partial charge >= 0.3 is 0 Å². The van der Waals surface area contributed by atoms with E-state index in [1.807, 2.05) is 117 Å². The number of H-pyrrole nitrogens is 1. The summed E-state index contributed by atoms with van der Waals surface area (Å²) in [5, 5.41) is 17.9. The van der Waals surface area contributed by atoms with Crippen molar-refractivity contribution in [1.82, 2.24) is 59.6 Å². The van der Waals surface area contributed by atoms with Crippen LogP contribution in [0.25, 0.3) is 0 Å². The summed E-state index contributed by atoms with van der Waals surface area (Å²) in [6.45, 7) is 107. The molecule has 12 aliphatic rings. The highest BCUT2D eigenvalue weighted by atomic mass is 19.1. The van der Waals surface area contributed by atoms with Gasteiger partial charge in [0.2, 0.25) is 11.8 Å². The van der Waals surface area contributed by atoms with Gasteiger partial charge in [0, 0.05) is 127 Å². The number of hydrogen-bond acceptors (Lipinski definition) is 21. The molecule has 5 aliphatic heterocycles. The molecule has 28 heteroatoms. The van der Waals surface area contributed by atoms with Crippen molar-refractivity contribution in [1.29, 1.82) is 0 Å². The smallest absolute Gasteiger partial charge is 0.223 e. The molecular weight excluding hydrogens is 1880 g/mol. The number of aryl methyl sites for hydroxylation is 3. The summed E-state index contributed by atoms with van der Waals surface area (Å²) in [5.74, 6) is 11.8. The highest BCUT2D eigenvalue weighted by Crippen LogP contribution is 2.58. The number of fused-ring (bicyclic) bond motifs is 3. The van der Waals surface area contributed by atoms with Gasteiger partial charge in [-0.05, 0) is 395 Å². The Kier molecular flexibility index (Phi) is 60.5. The molecule has 21 atom stereocenters. The number of rotatable bonds is 26. The fourth-order valence-electron chi connectivity index (χ4n) is 19.7. The minimum atomic E-state index is -0.776. The zero-order valence-electron chi connectivity index (χ0n) is 104. The van der Waals surface area contributed by atoms with Gasteiger partial charge in [0.1, 0.15) is 17.7 Å². The maximum absolute atomic E-state index is 13.0. The maximum Gasteiger partial charge on any atom is 0.223 e. The molecule has 0 aromatic carbocycles. The number of nitrogens with two attached hydrogens (primary N) is 1.